The summed E-state index contributed by atoms with van der Waals surface area (Å²) in [5.41, 5.74) is 1.03. The molecule has 94 valence electrons. The molecule has 5 heteroatoms. The predicted octanol–water partition coefficient (Wildman–Crippen LogP) is 1.26. The predicted molar refractivity (Wildman–Crippen MR) is 68.2 cm³/mol. The number of aliphatic hydroxyl groups is 1. The minimum atomic E-state index is -0.262. The van der Waals surface area contributed by atoms with Crippen LogP contribution in [0.2, 0.25) is 0 Å². The Balaban J connectivity index is 1.79. The first-order valence-corrected chi connectivity index (χ1v) is 6.49. The van der Waals surface area contributed by atoms with Crippen LogP contribution in [0.4, 0.5) is 4.39 Å². The second-order valence-electron chi connectivity index (χ2n) is 4.37. The highest BCUT2D eigenvalue weighted by atomic mass is 79.9. The highest BCUT2D eigenvalue weighted by molar-refractivity contribution is 9.10. The van der Waals surface area contributed by atoms with Crippen LogP contribution in [0.5, 0.6) is 0 Å². The van der Waals surface area contributed by atoms with Crippen LogP contribution >= 0.6 is 15.9 Å². The van der Waals surface area contributed by atoms with Crippen LogP contribution in [0.15, 0.2) is 22.7 Å². The molecule has 3 N–H and O–H groups in total. The summed E-state index contributed by atoms with van der Waals surface area (Å²) in [6.45, 7) is 2.97. The molecule has 1 saturated heterocycles. The zero-order valence-corrected chi connectivity index (χ0v) is 11.0. The van der Waals surface area contributed by atoms with Crippen LogP contribution in [0, 0.1) is 11.7 Å². The van der Waals surface area contributed by atoms with E-state index < -0.39 is 0 Å². The molecule has 0 amide bonds. The van der Waals surface area contributed by atoms with E-state index in [0.717, 1.165) is 18.7 Å². The Bertz CT molecular complexity index is 389. The van der Waals surface area contributed by atoms with Gasteiger partial charge in [0.2, 0.25) is 0 Å². The van der Waals surface area contributed by atoms with Crippen molar-refractivity contribution in [2.75, 3.05) is 19.6 Å². The van der Waals surface area contributed by atoms with Crippen molar-refractivity contribution in [2.24, 2.45) is 5.92 Å². The Morgan fingerprint density at radius 1 is 1.47 bits per heavy atom. The molecule has 1 fully saturated rings. The number of halogens is 2. The van der Waals surface area contributed by atoms with Crippen LogP contribution in [-0.2, 0) is 6.54 Å². The normalized spacial score (nSPS) is 24.2. The first-order chi connectivity index (χ1) is 8.16. The number of β-amino-alcohol motifs (C(OH)–C–C–N with tert-alkyl or cyclic N) is 1. The maximum absolute atomic E-state index is 13.0. The molecule has 0 bridgehead atoms. The molecule has 2 rings (SSSR count). The lowest BCUT2D eigenvalue weighted by Gasteiger charge is -2.14. The fourth-order valence-corrected chi connectivity index (χ4v) is 2.41. The fraction of sp³-hybridized carbons (Fsp3) is 0.500. The first-order valence-electron chi connectivity index (χ1n) is 5.70. The second kappa shape index (κ2) is 5.91. The maximum atomic E-state index is 13.0. The lowest BCUT2D eigenvalue weighted by molar-refractivity contribution is 0.146. The molecule has 17 heavy (non-hydrogen) atoms. The summed E-state index contributed by atoms with van der Waals surface area (Å²) in [4.78, 5) is 0. The van der Waals surface area contributed by atoms with Crippen LogP contribution in [0.3, 0.4) is 0 Å². The Morgan fingerprint density at radius 3 is 2.94 bits per heavy atom. The maximum Gasteiger partial charge on any atom is 0.137 e. The number of nitrogens with one attached hydrogen (secondary N) is 2. The molecule has 2 atom stereocenters. The molecule has 0 aliphatic carbocycles. The summed E-state index contributed by atoms with van der Waals surface area (Å²) < 4.78 is 13.5. The number of benzene rings is 1. The van der Waals surface area contributed by atoms with Crippen LogP contribution < -0.4 is 10.6 Å². The van der Waals surface area contributed by atoms with Crippen molar-refractivity contribution in [1.82, 2.24) is 10.6 Å². The number of rotatable bonds is 4. The van der Waals surface area contributed by atoms with E-state index in [-0.39, 0.29) is 17.8 Å². The van der Waals surface area contributed by atoms with Gasteiger partial charge < -0.3 is 15.7 Å². The molecule has 2 unspecified atom stereocenters. The summed E-state index contributed by atoms with van der Waals surface area (Å²) in [7, 11) is 0. The van der Waals surface area contributed by atoms with Crippen molar-refractivity contribution < 1.29 is 9.50 Å². The highest BCUT2D eigenvalue weighted by Crippen LogP contribution is 2.16. The smallest absolute Gasteiger partial charge is 0.137 e. The van der Waals surface area contributed by atoms with Crippen molar-refractivity contribution in [3.05, 3.63) is 34.1 Å². The zero-order valence-electron chi connectivity index (χ0n) is 9.42. The van der Waals surface area contributed by atoms with Crippen molar-refractivity contribution in [1.29, 1.82) is 0 Å². The third kappa shape index (κ3) is 3.48. The summed E-state index contributed by atoms with van der Waals surface area (Å²) in [5, 5.41) is 16.0. The van der Waals surface area contributed by atoms with Gasteiger partial charge in [0, 0.05) is 32.1 Å². The molecular weight excluding hydrogens is 287 g/mol. The van der Waals surface area contributed by atoms with E-state index in [4.69, 9.17) is 0 Å². The van der Waals surface area contributed by atoms with Crippen molar-refractivity contribution in [3.63, 3.8) is 0 Å². The van der Waals surface area contributed by atoms with Gasteiger partial charge in [0.25, 0.3) is 0 Å². The molecule has 0 aromatic heterocycles. The summed E-state index contributed by atoms with van der Waals surface area (Å²) in [6.07, 6.45) is -0.262. The lowest BCUT2D eigenvalue weighted by atomic mass is 10.1. The Hall–Kier alpha value is -0.490. The quantitative estimate of drug-likeness (QED) is 0.784. The van der Waals surface area contributed by atoms with Gasteiger partial charge in [-0.25, -0.2) is 4.39 Å². The van der Waals surface area contributed by atoms with Gasteiger partial charge in [-0.1, -0.05) is 6.07 Å². The molecule has 3 nitrogen and oxygen atoms in total. The molecule has 0 radical (unpaired) electrons. The van der Waals surface area contributed by atoms with Gasteiger partial charge in [-0.3, -0.25) is 0 Å². The van der Waals surface area contributed by atoms with E-state index in [0.29, 0.717) is 17.6 Å². The third-order valence-corrected chi connectivity index (χ3v) is 3.63. The summed E-state index contributed by atoms with van der Waals surface area (Å²) >= 11 is 3.16. The monoisotopic (exact) mass is 302 g/mol. The SMILES string of the molecule is OC1CNCC1CNCc1ccc(F)c(Br)c1. The van der Waals surface area contributed by atoms with Gasteiger partial charge in [-0.2, -0.15) is 0 Å². The van der Waals surface area contributed by atoms with Crippen molar-refractivity contribution in [3.8, 4) is 0 Å². The van der Waals surface area contributed by atoms with E-state index in [1.807, 2.05) is 0 Å². The molecule has 1 heterocycles. The first kappa shape index (κ1) is 13.0. The van der Waals surface area contributed by atoms with Crippen molar-refractivity contribution >= 4 is 15.9 Å². The van der Waals surface area contributed by atoms with E-state index in [9.17, 15) is 9.50 Å². The van der Waals surface area contributed by atoms with Gasteiger partial charge in [-0.05, 0) is 33.6 Å². The van der Waals surface area contributed by atoms with E-state index >= 15 is 0 Å². The molecule has 1 aliphatic rings. The summed E-state index contributed by atoms with van der Waals surface area (Å²) in [5.74, 6) is 0.0167. The molecular formula is C12H16BrFN2O. The molecule has 1 aliphatic heterocycles. The Morgan fingerprint density at radius 2 is 2.29 bits per heavy atom. The third-order valence-electron chi connectivity index (χ3n) is 3.02. The lowest BCUT2D eigenvalue weighted by Crippen LogP contribution is -2.30. The topological polar surface area (TPSA) is 44.3 Å². The minimum absolute atomic E-state index is 0.246. The standard InChI is InChI=1S/C12H16BrFN2O/c13-10-3-8(1-2-11(10)14)4-15-5-9-6-16-7-12(9)17/h1-3,9,12,15-17H,4-7H2. The zero-order chi connectivity index (χ0) is 12.3. The van der Waals surface area contributed by atoms with Crippen LogP contribution in [0.1, 0.15) is 5.56 Å². The van der Waals surface area contributed by atoms with Gasteiger partial charge >= 0.3 is 0 Å². The highest BCUT2D eigenvalue weighted by Gasteiger charge is 2.23. The van der Waals surface area contributed by atoms with Crippen LogP contribution in [0.25, 0.3) is 0 Å². The van der Waals surface area contributed by atoms with E-state index in [1.54, 1.807) is 12.1 Å². The van der Waals surface area contributed by atoms with E-state index in [1.165, 1.54) is 6.07 Å². The molecule has 1 aromatic carbocycles. The molecule has 0 spiro atoms. The van der Waals surface area contributed by atoms with Gasteiger partial charge in [-0.15, -0.1) is 0 Å². The Kier molecular flexibility index (Phi) is 4.50. The van der Waals surface area contributed by atoms with E-state index in [2.05, 4.69) is 26.6 Å². The van der Waals surface area contributed by atoms with Crippen LogP contribution in [-0.4, -0.2) is 30.8 Å². The van der Waals surface area contributed by atoms with Gasteiger partial charge in [0.15, 0.2) is 0 Å². The number of hydrogen-bond acceptors (Lipinski definition) is 3. The number of hydrogen-bond donors (Lipinski definition) is 3. The molecule has 1 aromatic rings. The number of aliphatic hydroxyl groups excluding tert-OH is 1. The average molecular weight is 303 g/mol. The minimum Gasteiger partial charge on any atom is -0.391 e. The average Bonchev–Trinajstić information content (AvgIpc) is 2.70. The van der Waals surface area contributed by atoms with Gasteiger partial charge in [0.1, 0.15) is 5.82 Å². The fourth-order valence-electron chi connectivity index (χ4n) is 1.98. The van der Waals surface area contributed by atoms with Crippen molar-refractivity contribution in [2.45, 2.75) is 12.6 Å². The second-order valence-corrected chi connectivity index (χ2v) is 5.22. The molecule has 0 saturated carbocycles. The van der Waals surface area contributed by atoms with Gasteiger partial charge in [0.05, 0.1) is 10.6 Å². The summed E-state index contributed by atoms with van der Waals surface area (Å²) in [6, 6.07) is 4.98. The largest absolute Gasteiger partial charge is 0.391 e. The Labute approximate surface area is 109 Å².